The van der Waals surface area contributed by atoms with E-state index in [4.69, 9.17) is 15.6 Å². The highest BCUT2D eigenvalue weighted by Crippen LogP contribution is 2.44. The maximum atomic E-state index is 11.8. The smallest absolute Gasteiger partial charge is 0.472 e. The van der Waals surface area contributed by atoms with E-state index in [0.29, 0.717) is 6.42 Å². The van der Waals surface area contributed by atoms with Crippen LogP contribution < -0.4 is 5.73 Å². The molecule has 0 bridgehead atoms. The van der Waals surface area contributed by atoms with Gasteiger partial charge in [0.25, 0.3) is 0 Å². The average Bonchev–Trinajstić information content (AvgIpc) is 2.78. The van der Waals surface area contributed by atoms with Crippen molar-refractivity contribution in [3.8, 4) is 0 Å². The van der Waals surface area contributed by atoms with E-state index < -0.39 is 44.6 Å². The molecule has 0 radical (unpaired) electrons. The molecule has 1 unspecified atom stereocenters. The van der Waals surface area contributed by atoms with Crippen molar-refractivity contribution in [2.45, 2.75) is 122 Å². The summed E-state index contributed by atoms with van der Waals surface area (Å²) in [5.74, 6) is -1.85. The topological polar surface area (TPSA) is 166 Å². The van der Waals surface area contributed by atoms with Gasteiger partial charge in [-0.2, -0.15) is 0 Å². The van der Waals surface area contributed by atoms with E-state index in [1.54, 1.807) is 0 Å². The molecule has 0 heterocycles. The predicted molar refractivity (Wildman–Crippen MR) is 129 cm³/mol. The van der Waals surface area contributed by atoms with Gasteiger partial charge in [-0.25, -0.2) is 4.57 Å². The molecule has 0 saturated heterocycles. The zero-order valence-electron chi connectivity index (χ0n) is 20.9. The molecule has 34 heavy (non-hydrogen) atoms. The fourth-order valence-corrected chi connectivity index (χ4v) is 4.26. The Bertz CT molecular complexity index is 591. The first-order valence-corrected chi connectivity index (χ1v) is 14.1. The largest absolute Gasteiger partial charge is 0.480 e. The third-order valence-electron chi connectivity index (χ3n) is 5.44. The van der Waals surface area contributed by atoms with E-state index in [9.17, 15) is 24.2 Å². The van der Waals surface area contributed by atoms with Crippen molar-refractivity contribution in [2.24, 2.45) is 5.73 Å². The Labute approximate surface area is 204 Å². The van der Waals surface area contributed by atoms with Crippen LogP contribution in [0.1, 0.15) is 104 Å². The highest BCUT2D eigenvalue weighted by Gasteiger charge is 2.31. The maximum Gasteiger partial charge on any atom is 0.472 e. The number of aliphatic hydroxyl groups is 1. The Hall–Kier alpha value is -1.03. The van der Waals surface area contributed by atoms with Crippen LogP contribution in [-0.4, -0.2) is 58.5 Å². The third kappa shape index (κ3) is 19.3. The van der Waals surface area contributed by atoms with Crippen molar-refractivity contribution in [1.82, 2.24) is 0 Å². The van der Waals surface area contributed by atoms with Crippen molar-refractivity contribution in [2.75, 3.05) is 13.2 Å². The third-order valence-corrected chi connectivity index (χ3v) is 6.52. The second kappa shape index (κ2) is 20.2. The number of rotatable bonds is 23. The van der Waals surface area contributed by atoms with Crippen molar-refractivity contribution in [1.29, 1.82) is 0 Å². The molecule has 0 saturated carbocycles. The van der Waals surface area contributed by atoms with Gasteiger partial charge in [-0.3, -0.25) is 18.6 Å². The minimum absolute atomic E-state index is 0.248. The van der Waals surface area contributed by atoms with Gasteiger partial charge in [0.15, 0.2) is 0 Å². The van der Waals surface area contributed by atoms with Gasteiger partial charge in [-0.1, -0.05) is 84.0 Å². The van der Waals surface area contributed by atoms with E-state index in [2.05, 4.69) is 16.0 Å². The average molecular weight is 512 g/mol. The van der Waals surface area contributed by atoms with Crippen molar-refractivity contribution >= 4 is 19.8 Å². The first-order chi connectivity index (χ1) is 16.1. The predicted octanol–water partition coefficient (Wildman–Crippen LogP) is 4.31. The van der Waals surface area contributed by atoms with Crippen LogP contribution in [0.2, 0.25) is 0 Å². The number of aliphatic carboxylic acids is 1. The molecule has 0 aromatic rings. The number of unbranched alkanes of at least 4 members (excludes halogenated alkanes) is 12. The number of phosphoric ester groups is 1. The molecule has 202 valence electrons. The molecule has 0 aliphatic carbocycles. The molecule has 0 aliphatic heterocycles. The van der Waals surface area contributed by atoms with E-state index in [1.807, 2.05) is 0 Å². The van der Waals surface area contributed by atoms with Crippen molar-refractivity contribution in [3.05, 3.63) is 0 Å². The molecule has 0 fully saturated rings. The van der Waals surface area contributed by atoms with Crippen LogP contribution in [0.5, 0.6) is 0 Å². The van der Waals surface area contributed by atoms with E-state index in [1.165, 1.54) is 71.1 Å². The summed E-state index contributed by atoms with van der Waals surface area (Å²) in [6, 6.07) is -1.51. The molecule has 4 atom stereocenters. The lowest BCUT2D eigenvalue weighted by molar-refractivity contribution is -0.147. The maximum absolute atomic E-state index is 11.8. The molecule has 0 aromatic heterocycles. The lowest BCUT2D eigenvalue weighted by Crippen LogP contribution is -2.41. The van der Waals surface area contributed by atoms with Crippen LogP contribution in [0.3, 0.4) is 0 Å². The Kier molecular flexibility index (Phi) is 19.6. The number of phosphoric acid groups is 1. The Morgan fingerprint density at radius 1 is 0.882 bits per heavy atom. The van der Waals surface area contributed by atoms with Crippen molar-refractivity contribution in [3.63, 3.8) is 0 Å². The first-order valence-electron chi connectivity index (χ1n) is 12.6. The van der Waals surface area contributed by atoms with Gasteiger partial charge in [0.05, 0.1) is 12.7 Å². The quantitative estimate of drug-likeness (QED) is 0.0882. The fourth-order valence-electron chi connectivity index (χ4n) is 3.28. The lowest BCUT2D eigenvalue weighted by atomic mass is 10.0. The number of carbonyl (C=O) groups excluding carboxylic acids is 1. The van der Waals surface area contributed by atoms with Gasteiger partial charge < -0.3 is 25.6 Å². The number of hydrogen-bond donors (Lipinski definition) is 4. The number of aliphatic hydroxyl groups excluding tert-OH is 1. The number of hydrogen-bond acceptors (Lipinski definition) is 8. The Morgan fingerprint density at radius 2 is 1.35 bits per heavy atom. The second-order valence-corrected chi connectivity index (χ2v) is 10.2. The van der Waals surface area contributed by atoms with Gasteiger partial charge in [0.2, 0.25) is 0 Å². The zero-order valence-corrected chi connectivity index (χ0v) is 21.8. The highest BCUT2D eigenvalue weighted by molar-refractivity contribution is 7.47. The minimum atomic E-state index is -4.63. The summed E-state index contributed by atoms with van der Waals surface area (Å²) in [7, 11) is -4.63. The summed E-state index contributed by atoms with van der Waals surface area (Å²) in [6.45, 7) is 2.42. The monoisotopic (exact) mass is 511 g/mol. The fraction of sp³-hybridized carbons (Fsp3) is 0.913. The molecule has 0 spiro atoms. The number of carboxylic acid groups (broad SMARTS) is 1. The molecule has 0 amide bonds. The molecular formula is C23H46NO9P. The summed E-state index contributed by atoms with van der Waals surface area (Å²) in [4.78, 5) is 32.1. The molecule has 11 heteroatoms. The first kappa shape index (κ1) is 33.0. The van der Waals surface area contributed by atoms with Crippen LogP contribution in [0, 0.1) is 0 Å². The van der Waals surface area contributed by atoms with Crippen LogP contribution in [0.15, 0.2) is 0 Å². The summed E-state index contributed by atoms with van der Waals surface area (Å²) in [6.07, 6.45) is 13.3. The number of esters is 1. The summed E-state index contributed by atoms with van der Waals surface area (Å²) in [5, 5.41) is 18.5. The Morgan fingerprint density at radius 3 is 1.82 bits per heavy atom. The normalized spacial score (nSPS) is 15.9. The zero-order chi connectivity index (χ0) is 25.8. The summed E-state index contributed by atoms with van der Waals surface area (Å²) < 4.78 is 26.0. The van der Waals surface area contributed by atoms with Crippen LogP contribution in [0.25, 0.3) is 0 Å². The SMILES string of the molecule is CCCCCCCCCCCCCCCC(=O)OC[C@@H](O)COP(=O)(O)O[C@H](C)[C@H](N)C(=O)O. The van der Waals surface area contributed by atoms with E-state index in [0.717, 1.165) is 12.8 Å². The number of carbonyl (C=O) groups is 2. The van der Waals surface area contributed by atoms with Gasteiger partial charge in [-0.05, 0) is 13.3 Å². The van der Waals surface area contributed by atoms with Crippen molar-refractivity contribution < 1.29 is 43.0 Å². The van der Waals surface area contributed by atoms with Crippen LogP contribution in [0.4, 0.5) is 0 Å². The molecule has 0 aliphatic rings. The standard InChI is InChI=1S/C23H46NO9P/c1-3-4-5-6-7-8-9-10-11-12-13-14-15-16-21(26)31-17-20(25)18-32-34(29,30)33-19(2)22(24)23(27)28/h19-20,22,25H,3-18,24H2,1-2H3,(H,27,28)(H,29,30)/t19-,20-,22+/m1/s1. The number of carboxylic acids is 1. The summed E-state index contributed by atoms with van der Waals surface area (Å²) >= 11 is 0. The van der Waals surface area contributed by atoms with E-state index >= 15 is 0 Å². The number of nitrogens with two attached hydrogens (primary N) is 1. The number of ether oxygens (including phenoxy) is 1. The molecule has 0 rings (SSSR count). The Balaban J connectivity index is 3.70. The van der Waals surface area contributed by atoms with Crippen LogP contribution >= 0.6 is 7.82 Å². The summed E-state index contributed by atoms with van der Waals surface area (Å²) in [5.41, 5.74) is 5.29. The van der Waals surface area contributed by atoms with Gasteiger partial charge in [-0.15, -0.1) is 0 Å². The van der Waals surface area contributed by atoms with Crippen LogP contribution in [-0.2, 0) is 27.9 Å². The second-order valence-electron chi connectivity index (χ2n) is 8.77. The molecule has 0 aromatic carbocycles. The highest BCUT2D eigenvalue weighted by atomic mass is 31.2. The minimum Gasteiger partial charge on any atom is -0.480 e. The molecule has 5 N–H and O–H groups in total. The van der Waals surface area contributed by atoms with Gasteiger partial charge in [0, 0.05) is 6.42 Å². The molecular weight excluding hydrogens is 465 g/mol. The van der Waals surface area contributed by atoms with Gasteiger partial charge in [0.1, 0.15) is 18.8 Å². The van der Waals surface area contributed by atoms with Gasteiger partial charge >= 0.3 is 19.8 Å². The lowest BCUT2D eigenvalue weighted by Gasteiger charge is -2.21. The molecule has 10 nitrogen and oxygen atoms in total. The van der Waals surface area contributed by atoms with E-state index in [-0.39, 0.29) is 13.0 Å².